The topological polar surface area (TPSA) is 61.0 Å². The molecular formula is C11H11N3O2. The first-order chi connectivity index (χ1) is 7.59. The first-order valence-electron chi connectivity index (χ1n) is 4.85. The van der Waals surface area contributed by atoms with E-state index < -0.39 is 4.92 Å². The number of nitro groups is 1. The van der Waals surface area contributed by atoms with E-state index in [1.807, 2.05) is 31.2 Å². The van der Waals surface area contributed by atoms with Crippen LogP contribution in [-0.2, 0) is 0 Å². The molecule has 0 N–H and O–H groups in total. The highest BCUT2D eigenvalue weighted by atomic mass is 16.6. The SMILES string of the molecule is Cc1ccc(-n2ncc([N+](=O)[O-])c2C)cc1. The standard InChI is InChI=1S/C11H11N3O2/c1-8-3-5-10(6-4-8)13-9(2)11(7-12-13)14(15)16/h3-7H,1-2H3. The molecule has 0 aliphatic carbocycles. The molecule has 0 spiro atoms. The van der Waals surface area contributed by atoms with Crippen LogP contribution in [0.1, 0.15) is 11.3 Å². The molecule has 5 nitrogen and oxygen atoms in total. The minimum atomic E-state index is -0.424. The third-order valence-electron chi connectivity index (χ3n) is 2.46. The van der Waals surface area contributed by atoms with Crippen LogP contribution in [0.3, 0.4) is 0 Å². The Kier molecular flexibility index (Phi) is 2.44. The average molecular weight is 217 g/mol. The maximum absolute atomic E-state index is 10.7. The van der Waals surface area contributed by atoms with E-state index in [0.29, 0.717) is 5.69 Å². The zero-order valence-corrected chi connectivity index (χ0v) is 9.04. The fourth-order valence-corrected chi connectivity index (χ4v) is 1.53. The normalized spacial score (nSPS) is 10.4. The number of hydrogen-bond donors (Lipinski definition) is 0. The Morgan fingerprint density at radius 2 is 1.88 bits per heavy atom. The van der Waals surface area contributed by atoms with E-state index in [9.17, 15) is 10.1 Å². The van der Waals surface area contributed by atoms with Crippen LogP contribution >= 0.6 is 0 Å². The smallest absolute Gasteiger partial charge is 0.258 e. The van der Waals surface area contributed by atoms with Gasteiger partial charge in [0, 0.05) is 0 Å². The molecule has 16 heavy (non-hydrogen) atoms. The molecule has 2 rings (SSSR count). The zero-order valence-electron chi connectivity index (χ0n) is 9.04. The molecule has 0 radical (unpaired) electrons. The quantitative estimate of drug-likeness (QED) is 0.573. The second kappa shape index (κ2) is 3.77. The summed E-state index contributed by atoms with van der Waals surface area (Å²) < 4.78 is 1.57. The van der Waals surface area contributed by atoms with Crippen molar-refractivity contribution in [1.29, 1.82) is 0 Å². The molecule has 0 bridgehead atoms. The Bertz CT molecular complexity index is 529. The van der Waals surface area contributed by atoms with Crippen molar-refractivity contribution in [2.45, 2.75) is 13.8 Å². The summed E-state index contributed by atoms with van der Waals surface area (Å²) in [6.07, 6.45) is 1.27. The molecule has 5 heteroatoms. The third kappa shape index (κ3) is 1.67. The number of aryl methyl sites for hydroxylation is 1. The van der Waals surface area contributed by atoms with Crippen LogP contribution in [0.4, 0.5) is 5.69 Å². The van der Waals surface area contributed by atoms with Crippen molar-refractivity contribution in [2.75, 3.05) is 0 Å². The number of benzene rings is 1. The Balaban J connectivity index is 2.49. The highest BCUT2D eigenvalue weighted by Crippen LogP contribution is 2.20. The van der Waals surface area contributed by atoms with Gasteiger partial charge in [-0.15, -0.1) is 0 Å². The molecule has 82 valence electrons. The first kappa shape index (κ1) is 10.4. The van der Waals surface area contributed by atoms with Crippen molar-refractivity contribution in [2.24, 2.45) is 0 Å². The molecule has 0 fully saturated rings. The van der Waals surface area contributed by atoms with E-state index >= 15 is 0 Å². The molecule has 0 saturated heterocycles. The van der Waals surface area contributed by atoms with Crippen molar-refractivity contribution in [3.8, 4) is 5.69 Å². The summed E-state index contributed by atoms with van der Waals surface area (Å²) in [6.45, 7) is 3.67. The van der Waals surface area contributed by atoms with Crippen LogP contribution < -0.4 is 0 Å². The van der Waals surface area contributed by atoms with Crippen LogP contribution in [0.5, 0.6) is 0 Å². The molecular weight excluding hydrogens is 206 g/mol. The maximum atomic E-state index is 10.7. The molecule has 0 atom stereocenters. The van der Waals surface area contributed by atoms with Gasteiger partial charge in [0.2, 0.25) is 0 Å². The number of rotatable bonds is 2. The lowest BCUT2D eigenvalue weighted by Gasteiger charge is -2.03. The molecule has 0 aliphatic heterocycles. The Labute approximate surface area is 92.5 Å². The van der Waals surface area contributed by atoms with Gasteiger partial charge in [0.05, 0.1) is 10.6 Å². The van der Waals surface area contributed by atoms with Crippen molar-refractivity contribution in [1.82, 2.24) is 9.78 Å². The molecule has 0 amide bonds. The molecule has 2 aromatic rings. The fourth-order valence-electron chi connectivity index (χ4n) is 1.53. The predicted octanol–water partition coefficient (Wildman–Crippen LogP) is 2.40. The van der Waals surface area contributed by atoms with Gasteiger partial charge in [-0.2, -0.15) is 5.10 Å². The van der Waals surface area contributed by atoms with Gasteiger partial charge in [0.15, 0.2) is 0 Å². The van der Waals surface area contributed by atoms with Gasteiger partial charge < -0.3 is 0 Å². The van der Waals surface area contributed by atoms with Crippen molar-refractivity contribution >= 4 is 5.69 Å². The first-order valence-corrected chi connectivity index (χ1v) is 4.85. The molecule has 1 aromatic heterocycles. The van der Waals surface area contributed by atoms with Crippen molar-refractivity contribution < 1.29 is 4.92 Å². The van der Waals surface area contributed by atoms with Gasteiger partial charge in [-0.25, -0.2) is 4.68 Å². The summed E-state index contributed by atoms with van der Waals surface area (Å²) in [5, 5.41) is 14.7. The molecule has 1 heterocycles. The number of hydrogen-bond acceptors (Lipinski definition) is 3. The second-order valence-corrected chi connectivity index (χ2v) is 3.62. The lowest BCUT2D eigenvalue weighted by atomic mass is 10.2. The van der Waals surface area contributed by atoms with Gasteiger partial charge in [0.1, 0.15) is 11.9 Å². The summed E-state index contributed by atoms with van der Waals surface area (Å²) in [6, 6.07) is 7.67. The summed E-state index contributed by atoms with van der Waals surface area (Å²) in [7, 11) is 0. The monoisotopic (exact) mass is 217 g/mol. The van der Waals surface area contributed by atoms with E-state index in [4.69, 9.17) is 0 Å². The summed E-state index contributed by atoms with van der Waals surface area (Å²) in [5.41, 5.74) is 2.55. The second-order valence-electron chi connectivity index (χ2n) is 3.62. The minimum absolute atomic E-state index is 0.0422. The summed E-state index contributed by atoms with van der Waals surface area (Å²) in [5.74, 6) is 0. The van der Waals surface area contributed by atoms with Crippen LogP contribution in [0.25, 0.3) is 5.69 Å². The molecule has 0 saturated carbocycles. The van der Waals surface area contributed by atoms with E-state index in [0.717, 1.165) is 11.3 Å². The minimum Gasteiger partial charge on any atom is -0.258 e. The van der Waals surface area contributed by atoms with Crippen LogP contribution in [0.15, 0.2) is 30.5 Å². The molecule has 0 aliphatic rings. The zero-order chi connectivity index (χ0) is 11.7. The van der Waals surface area contributed by atoms with Crippen LogP contribution in [0.2, 0.25) is 0 Å². The predicted molar refractivity (Wildman–Crippen MR) is 59.7 cm³/mol. The fraction of sp³-hybridized carbons (Fsp3) is 0.182. The van der Waals surface area contributed by atoms with Gasteiger partial charge in [0.25, 0.3) is 0 Å². The van der Waals surface area contributed by atoms with E-state index in [1.54, 1.807) is 11.6 Å². The van der Waals surface area contributed by atoms with Crippen LogP contribution in [0, 0.1) is 24.0 Å². The Hall–Kier alpha value is -2.17. The Morgan fingerprint density at radius 3 is 2.38 bits per heavy atom. The van der Waals surface area contributed by atoms with Gasteiger partial charge in [-0.05, 0) is 26.0 Å². The van der Waals surface area contributed by atoms with Crippen molar-refractivity contribution in [3.63, 3.8) is 0 Å². The average Bonchev–Trinajstić information content (AvgIpc) is 2.61. The summed E-state index contributed by atoms with van der Waals surface area (Å²) >= 11 is 0. The molecule has 0 unspecified atom stereocenters. The highest BCUT2D eigenvalue weighted by Gasteiger charge is 2.16. The van der Waals surface area contributed by atoms with Crippen LogP contribution in [-0.4, -0.2) is 14.7 Å². The lowest BCUT2D eigenvalue weighted by molar-refractivity contribution is -0.385. The van der Waals surface area contributed by atoms with Gasteiger partial charge in [-0.1, -0.05) is 17.7 Å². The maximum Gasteiger partial charge on any atom is 0.310 e. The van der Waals surface area contributed by atoms with E-state index in [2.05, 4.69) is 5.10 Å². The number of nitrogens with zero attached hydrogens (tertiary/aromatic N) is 3. The number of aromatic nitrogens is 2. The molecule has 1 aromatic carbocycles. The van der Waals surface area contributed by atoms with E-state index in [-0.39, 0.29) is 5.69 Å². The summed E-state index contributed by atoms with van der Waals surface area (Å²) in [4.78, 5) is 10.2. The third-order valence-corrected chi connectivity index (χ3v) is 2.46. The van der Waals surface area contributed by atoms with Gasteiger partial charge >= 0.3 is 5.69 Å². The Morgan fingerprint density at radius 1 is 1.25 bits per heavy atom. The highest BCUT2D eigenvalue weighted by molar-refractivity contribution is 5.41. The lowest BCUT2D eigenvalue weighted by Crippen LogP contribution is -1.99. The largest absolute Gasteiger partial charge is 0.310 e. The van der Waals surface area contributed by atoms with Crippen molar-refractivity contribution in [3.05, 3.63) is 51.8 Å². The van der Waals surface area contributed by atoms with E-state index in [1.165, 1.54) is 6.20 Å². The van der Waals surface area contributed by atoms with Gasteiger partial charge in [-0.3, -0.25) is 10.1 Å².